The van der Waals surface area contributed by atoms with Crippen LogP contribution in [0.1, 0.15) is 15.9 Å². The fourth-order valence-electron chi connectivity index (χ4n) is 1.79. The number of carbonyl (C=O) groups excluding carboxylic acids is 1. The van der Waals surface area contributed by atoms with Crippen LogP contribution in [0.2, 0.25) is 0 Å². The maximum atomic E-state index is 12.1. The molecule has 0 unspecified atom stereocenters. The van der Waals surface area contributed by atoms with E-state index in [1.165, 1.54) is 6.07 Å². The Hall–Kier alpha value is -2.34. The highest BCUT2D eigenvalue weighted by molar-refractivity contribution is 9.10. The Morgan fingerprint density at radius 1 is 1.14 bits per heavy atom. The van der Waals surface area contributed by atoms with E-state index in [1.54, 1.807) is 36.4 Å². The first-order valence-corrected chi connectivity index (χ1v) is 6.85. The summed E-state index contributed by atoms with van der Waals surface area (Å²) in [4.78, 5) is 22.7. The molecule has 0 aliphatic heterocycles. The van der Waals surface area contributed by atoms with E-state index in [4.69, 9.17) is 5.11 Å². The number of carboxylic acid groups (broad SMARTS) is 1. The Morgan fingerprint density at radius 3 is 2.57 bits per heavy atom. The number of nitrogens with one attached hydrogen (secondary N) is 1. The van der Waals surface area contributed by atoms with Crippen LogP contribution < -0.4 is 5.32 Å². The highest BCUT2D eigenvalue weighted by Crippen LogP contribution is 2.24. The number of carbonyl (C=O) groups is 2. The maximum absolute atomic E-state index is 12.1. The first-order valence-electron chi connectivity index (χ1n) is 6.06. The minimum Gasteiger partial charge on any atom is -0.507 e. The largest absolute Gasteiger partial charge is 0.507 e. The van der Waals surface area contributed by atoms with Crippen LogP contribution in [0.5, 0.6) is 5.75 Å². The van der Waals surface area contributed by atoms with Gasteiger partial charge in [0.25, 0.3) is 5.91 Å². The molecule has 2 aromatic carbocycles. The normalized spacial score (nSPS) is 10.1. The number of phenolic OH excluding ortho intramolecular Hbond substituents is 1. The number of phenols is 1. The van der Waals surface area contributed by atoms with Crippen LogP contribution in [-0.4, -0.2) is 22.1 Å². The number of carboxylic acids is 1. The van der Waals surface area contributed by atoms with E-state index >= 15 is 0 Å². The van der Waals surface area contributed by atoms with Crippen molar-refractivity contribution in [3.63, 3.8) is 0 Å². The minimum absolute atomic E-state index is 0.0257. The summed E-state index contributed by atoms with van der Waals surface area (Å²) in [5, 5.41) is 21.0. The molecule has 0 aromatic heterocycles. The number of aromatic hydroxyl groups is 1. The van der Waals surface area contributed by atoms with Crippen molar-refractivity contribution in [1.82, 2.24) is 0 Å². The Bertz CT molecular complexity index is 700. The molecular formula is C15H12BrNO4. The molecule has 2 aromatic rings. The van der Waals surface area contributed by atoms with Crippen LogP contribution in [-0.2, 0) is 11.2 Å². The molecule has 0 radical (unpaired) electrons. The first kappa shape index (κ1) is 15.1. The highest BCUT2D eigenvalue weighted by Gasteiger charge is 2.09. The van der Waals surface area contributed by atoms with Crippen LogP contribution in [0.3, 0.4) is 0 Å². The number of amides is 1. The van der Waals surface area contributed by atoms with E-state index in [-0.39, 0.29) is 18.1 Å². The molecule has 3 N–H and O–H groups in total. The molecular weight excluding hydrogens is 338 g/mol. The van der Waals surface area contributed by atoms with Gasteiger partial charge in [-0.05, 0) is 51.8 Å². The van der Waals surface area contributed by atoms with Crippen LogP contribution in [0.25, 0.3) is 0 Å². The molecule has 0 aliphatic carbocycles. The zero-order valence-electron chi connectivity index (χ0n) is 10.8. The number of anilines is 1. The minimum atomic E-state index is -0.934. The van der Waals surface area contributed by atoms with Crippen LogP contribution in [0.4, 0.5) is 5.69 Å². The lowest BCUT2D eigenvalue weighted by atomic mass is 10.1. The monoisotopic (exact) mass is 349 g/mol. The Balaban J connectivity index is 2.15. The average Bonchev–Trinajstić information content (AvgIpc) is 2.41. The summed E-state index contributed by atoms with van der Waals surface area (Å²) in [5.74, 6) is -1.34. The second kappa shape index (κ2) is 6.41. The molecule has 0 atom stereocenters. The summed E-state index contributed by atoms with van der Waals surface area (Å²) < 4.78 is 0.502. The van der Waals surface area contributed by atoms with E-state index in [1.807, 2.05) is 0 Å². The molecule has 0 saturated heterocycles. The van der Waals surface area contributed by atoms with Gasteiger partial charge in [0.05, 0.1) is 10.9 Å². The lowest BCUT2D eigenvalue weighted by Gasteiger charge is -2.07. The molecule has 0 saturated carbocycles. The molecule has 108 valence electrons. The lowest BCUT2D eigenvalue weighted by molar-refractivity contribution is -0.136. The van der Waals surface area contributed by atoms with Crippen molar-refractivity contribution < 1.29 is 19.8 Å². The smallest absolute Gasteiger partial charge is 0.307 e. The third-order valence-corrected chi connectivity index (χ3v) is 3.42. The molecule has 0 heterocycles. The van der Waals surface area contributed by atoms with Crippen molar-refractivity contribution in [2.45, 2.75) is 6.42 Å². The summed E-state index contributed by atoms with van der Waals surface area (Å²) in [6.07, 6.45) is -0.108. The first-order chi connectivity index (χ1) is 9.95. The number of halogens is 1. The molecule has 0 bridgehead atoms. The van der Waals surface area contributed by atoms with Crippen molar-refractivity contribution in [2.24, 2.45) is 0 Å². The van der Waals surface area contributed by atoms with Crippen LogP contribution in [0.15, 0.2) is 46.9 Å². The predicted molar refractivity (Wildman–Crippen MR) is 81.5 cm³/mol. The van der Waals surface area contributed by atoms with Gasteiger partial charge >= 0.3 is 5.97 Å². The quantitative estimate of drug-likeness (QED) is 0.791. The van der Waals surface area contributed by atoms with Crippen molar-refractivity contribution in [3.05, 3.63) is 58.1 Å². The summed E-state index contributed by atoms with van der Waals surface area (Å²) in [5.41, 5.74) is 1.40. The van der Waals surface area contributed by atoms with Crippen molar-refractivity contribution in [1.29, 1.82) is 0 Å². The SMILES string of the molecule is O=C(O)Cc1cccc(NC(=O)c2ccc(Br)c(O)c2)c1. The van der Waals surface area contributed by atoms with Gasteiger partial charge in [0.1, 0.15) is 5.75 Å². The summed E-state index contributed by atoms with van der Waals surface area (Å²) in [6.45, 7) is 0. The Kier molecular flexibility index (Phi) is 4.59. The van der Waals surface area contributed by atoms with Crippen LogP contribution in [0, 0.1) is 0 Å². The fraction of sp³-hybridized carbons (Fsp3) is 0.0667. The number of aliphatic carboxylic acids is 1. The van der Waals surface area contributed by atoms with Gasteiger partial charge in [0.15, 0.2) is 0 Å². The summed E-state index contributed by atoms with van der Waals surface area (Å²) in [6, 6.07) is 11.1. The zero-order valence-corrected chi connectivity index (χ0v) is 12.4. The number of rotatable bonds is 4. The average molecular weight is 350 g/mol. The second-order valence-electron chi connectivity index (χ2n) is 4.39. The Labute approximate surface area is 129 Å². The topological polar surface area (TPSA) is 86.6 Å². The van der Waals surface area contributed by atoms with E-state index in [9.17, 15) is 14.7 Å². The third kappa shape index (κ3) is 4.06. The van der Waals surface area contributed by atoms with Crippen molar-refractivity contribution in [2.75, 3.05) is 5.32 Å². The predicted octanol–water partition coefficient (Wildman–Crippen LogP) is 3.03. The van der Waals surface area contributed by atoms with Gasteiger partial charge in [-0.1, -0.05) is 12.1 Å². The van der Waals surface area contributed by atoms with E-state index in [0.717, 1.165) is 0 Å². The maximum Gasteiger partial charge on any atom is 0.307 e. The van der Waals surface area contributed by atoms with E-state index in [2.05, 4.69) is 21.2 Å². The lowest BCUT2D eigenvalue weighted by Crippen LogP contribution is -2.12. The highest BCUT2D eigenvalue weighted by atomic mass is 79.9. The van der Waals surface area contributed by atoms with E-state index in [0.29, 0.717) is 21.3 Å². The third-order valence-electron chi connectivity index (χ3n) is 2.75. The van der Waals surface area contributed by atoms with Gasteiger partial charge in [0.2, 0.25) is 0 Å². The molecule has 0 spiro atoms. The molecule has 2 rings (SSSR count). The van der Waals surface area contributed by atoms with Gasteiger partial charge in [-0.25, -0.2) is 0 Å². The van der Waals surface area contributed by atoms with Crippen molar-refractivity contribution >= 4 is 33.5 Å². The fourth-order valence-corrected chi connectivity index (χ4v) is 2.04. The molecule has 0 fully saturated rings. The van der Waals surface area contributed by atoms with E-state index < -0.39 is 5.97 Å². The van der Waals surface area contributed by atoms with Gasteiger partial charge in [0, 0.05) is 11.3 Å². The van der Waals surface area contributed by atoms with Gasteiger partial charge in [-0.2, -0.15) is 0 Å². The molecule has 6 heteroatoms. The van der Waals surface area contributed by atoms with Crippen LogP contribution >= 0.6 is 15.9 Å². The second-order valence-corrected chi connectivity index (χ2v) is 5.25. The van der Waals surface area contributed by atoms with Crippen molar-refractivity contribution in [3.8, 4) is 5.75 Å². The molecule has 1 amide bonds. The zero-order chi connectivity index (χ0) is 15.4. The summed E-state index contributed by atoms with van der Waals surface area (Å²) in [7, 11) is 0. The number of benzene rings is 2. The number of hydrogen-bond donors (Lipinski definition) is 3. The standard InChI is InChI=1S/C15H12BrNO4/c16-12-5-4-10(8-13(12)18)15(21)17-11-3-1-2-9(6-11)7-14(19)20/h1-6,8,18H,7H2,(H,17,21)(H,19,20). The summed E-state index contributed by atoms with van der Waals surface area (Å²) >= 11 is 3.14. The molecule has 0 aliphatic rings. The molecule has 5 nitrogen and oxygen atoms in total. The Morgan fingerprint density at radius 2 is 1.90 bits per heavy atom. The van der Waals surface area contributed by atoms with Gasteiger partial charge < -0.3 is 15.5 Å². The molecule has 21 heavy (non-hydrogen) atoms. The van der Waals surface area contributed by atoms with Gasteiger partial charge in [-0.3, -0.25) is 9.59 Å². The van der Waals surface area contributed by atoms with Gasteiger partial charge in [-0.15, -0.1) is 0 Å². The number of hydrogen-bond acceptors (Lipinski definition) is 3.